The molecule has 118 valence electrons. The number of hydrogen-bond donors (Lipinski definition) is 3. The Balaban J connectivity index is 2.03. The fourth-order valence-corrected chi connectivity index (χ4v) is 3.43. The molecule has 1 fully saturated rings. The van der Waals surface area contributed by atoms with Crippen molar-refractivity contribution in [3.05, 3.63) is 11.9 Å². The van der Waals surface area contributed by atoms with Crippen LogP contribution < -0.4 is 16.6 Å². The van der Waals surface area contributed by atoms with E-state index in [1.165, 1.54) is 25.7 Å². The molecule has 1 aromatic rings. The van der Waals surface area contributed by atoms with Gasteiger partial charge in [0.25, 0.3) is 0 Å². The topological polar surface area (TPSA) is 85.1 Å². The molecular weight excluding hydrogens is 286 g/mol. The minimum absolute atomic E-state index is 0.402. The summed E-state index contributed by atoms with van der Waals surface area (Å²) in [6, 6.07) is 2.31. The van der Waals surface area contributed by atoms with Crippen LogP contribution >= 0.6 is 11.8 Å². The summed E-state index contributed by atoms with van der Waals surface area (Å²) in [6.07, 6.45) is 7.13. The number of nitrogens with zero attached hydrogens (tertiary/aromatic N) is 2. The zero-order valence-corrected chi connectivity index (χ0v) is 13.6. The van der Waals surface area contributed by atoms with Gasteiger partial charge in [0.1, 0.15) is 18.2 Å². The highest BCUT2D eigenvalue weighted by atomic mass is 32.2. The maximum Gasteiger partial charge on any atom is 0.158 e. The van der Waals surface area contributed by atoms with Crippen LogP contribution in [0.5, 0.6) is 0 Å². The first-order valence-electron chi connectivity index (χ1n) is 7.46. The molecule has 0 aliphatic heterocycles. The molecule has 1 saturated carbocycles. The van der Waals surface area contributed by atoms with Gasteiger partial charge in [-0.3, -0.25) is 0 Å². The zero-order chi connectivity index (χ0) is 15.1. The summed E-state index contributed by atoms with van der Waals surface area (Å²) in [5.41, 5.74) is 2.59. The maximum atomic E-state index is 5.48. The first kappa shape index (κ1) is 16.3. The molecule has 2 rings (SSSR count). The molecule has 1 aromatic heterocycles. The summed E-state index contributed by atoms with van der Waals surface area (Å²) in [4.78, 5) is 8.81. The van der Waals surface area contributed by atoms with Gasteiger partial charge in [-0.05, 0) is 32.4 Å². The second kappa shape index (κ2) is 8.41. The molecule has 0 amide bonds. The number of nitrogens with one attached hydrogen (secondary N) is 2. The minimum Gasteiger partial charge on any atom is -0.374 e. The Labute approximate surface area is 130 Å². The van der Waals surface area contributed by atoms with Crippen LogP contribution in [0.25, 0.3) is 0 Å². The van der Waals surface area contributed by atoms with Crippen molar-refractivity contribution in [3.63, 3.8) is 0 Å². The van der Waals surface area contributed by atoms with Crippen LogP contribution in [0.15, 0.2) is 6.07 Å². The lowest BCUT2D eigenvalue weighted by Gasteiger charge is -2.29. The first-order valence-corrected chi connectivity index (χ1v) is 8.75. The SMILES string of the molecule is CCOCc1nc(NN)cc(NC2CCCC(SC)C2)n1. The van der Waals surface area contributed by atoms with Crippen molar-refractivity contribution in [1.82, 2.24) is 9.97 Å². The van der Waals surface area contributed by atoms with E-state index in [4.69, 9.17) is 10.6 Å². The Morgan fingerprint density at radius 1 is 1.38 bits per heavy atom. The molecule has 0 saturated heterocycles. The summed E-state index contributed by atoms with van der Waals surface area (Å²) >= 11 is 1.96. The van der Waals surface area contributed by atoms with E-state index in [0.717, 1.165) is 11.1 Å². The van der Waals surface area contributed by atoms with E-state index in [1.54, 1.807) is 0 Å². The van der Waals surface area contributed by atoms with Crippen molar-refractivity contribution in [2.45, 2.75) is 50.5 Å². The highest BCUT2D eigenvalue weighted by Gasteiger charge is 2.21. The van der Waals surface area contributed by atoms with Crippen LogP contribution in [0.4, 0.5) is 11.6 Å². The normalized spacial score (nSPS) is 22.0. The quantitative estimate of drug-likeness (QED) is 0.526. The highest BCUT2D eigenvalue weighted by Crippen LogP contribution is 2.28. The first-order chi connectivity index (χ1) is 10.2. The molecule has 2 unspecified atom stereocenters. The third-order valence-corrected chi connectivity index (χ3v) is 4.76. The third kappa shape index (κ3) is 5.01. The van der Waals surface area contributed by atoms with Crippen molar-refractivity contribution < 1.29 is 4.74 Å². The van der Waals surface area contributed by atoms with Crippen LogP contribution in [0.2, 0.25) is 0 Å². The number of anilines is 2. The Kier molecular flexibility index (Phi) is 6.53. The molecule has 0 spiro atoms. The number of hydrogen-bond acceptors (Lipinski definition) is 7. The van der Waals surface area contributed by atoms with Crippen LogP contribution in [-0.2, 0) is 11.3 Å². The standard InChI is InChI=1S/C14H25N5OS/c1-3-20-9-14-17-12(8-13(18-14)19-15)16-10-5-4-6-11(7-10)21-2/h8,10-11H,3-7,9,15H2,1-2H3,(H2,16,17,18,19). The predicted octanol–water partition coefficient (Wildman–Crippen LogP) is 2.38. The van der Waals surface area contributed by atoms with Crippen LogP contribution in [-0.4, -0.2) is 34.1 Å². The van der Waals surface area contributed by atoms with Gasteiger partial charge in [-0.2, -0.15) is 11.8 Å². The minimum atomic E-state index is 0.402. The predicted molar refractivity (Wildman–Crippen MR) is 88.4 cm³/mol. The largest absolute Gasteiger partial charge is 0.374 e. The Morgan fingerprint density at radius 2 is 2.19 bits per heavy atom. The number of nitrogens with two attached hydrogens (primary N) is 1. The average molecular weight is 311 g/mol. The lowest BCUT2D eigenvalue weighted by atomic mass is 9.95. The molecule has 1 aliphatic carbocycles. The van der Waals surface area contributed by atoms with Gasteiger partial charge in [-0.1, -0.05) is 6.42 Å². The van der Waals surface area contributed by atoms with Gasteiger partial charge in [0.05, 0.1) is 0 Å². The van der Waals surface area contributed by atoms with Gasteiger partial charge >= 0.3 is 0 Å². The van der Waals surface area contributed by atoms with E-state index in [-0.39, 0.29) is 0 Å². The summed E-state index contributed by atoms with van der Waals surface area (Å²) < 4.78 is 5.37. The molecule has 0 bridgehead atoms. The van der Waals surface area contributed by atoms with Gasteiger partial charge in [-0.25, -0.2) is 15.8 Å². The number of hydrazine groups is 1. The lowest BCUT2D eigenvalue weighted by molar-refractivity contribution is 0.128. The number of aromatic nitrogens is 2. The van der Waals surface area contributed by atoms with Crippen molar-refractivity contribution in [2.24, 2.45) is 5.84 Å². The number of rotatable bonds is 7. The maximum absolute atomic E-state index is 5.48. The molecule has 7 heteroatoms. The monoisotopic (exact) mass is 311 g/mol. The number of ether oxygens (including phenoxy) is 1. The zero-order valence-electron chi connectivity index (χ0n) is 12.8. The van der Waals surface area contributed by atoms with Crippen molar-refractivity contribution in [2.75, 3.05) is 23.6 Å². The Hall–Kier alpha value is -1.05. The van der Waals surface area contributed by atoms with E-state index in [0.29, 0.717) is 30.9 Å². The van der Waals surface area contributed by atoms with Gasteiger partial charge in [0.2, 0.25) is 0 Å². The molecule has 21 heavy (non-hydrogen) atoms. The second-order valence-corrected chi connectivity index (χ2v) is 6.34. The van der Waals surface area contributed by atoms with Crippen molar-refractivity contribution >= 4 is 23.4 Å². The van der Waals surface area contributed by atoms with Crippen molar-refractivity contribution in [3.8, 4) is 0 Å². The molecule has 4 N–H and O–H groups in total. The summed E-state index contributed by atoms with van der Waals surface area (Å²) in [5.74, 6) is 7.56. The highest BCUT2D eigenvalue weighted by molar-refractivity contribution is 7.99. The fraction of sp³-hybridized carbons (Fsp3) is 0.714. The van der Waals surface area contributed by atoms with Gasteiger partial charge < -0.3 is 15.5 Å². The van der Waals surface area contributed by atoms with Crippen LogP contribution in [0, 0.1) is 0 Å². The van der Waals surface area contributed by atoms with E-state index in [1.807, 2.05) is 24.8 Å². The molecular formula is C14H25N5OS. The number of thioether (sulfide) groups is 1. The van der Waals surface area contributed by atoms with Crippen molar-refractivity contribution in [1.29, 1.82) is 0 Å². The second-order valence-electron chi connectivity index (χ2n) is 5.20. The van der Waals surface area contributed by atoms with Gasteiger partial charge in [0, 0.05) is 24.0 Å². The van der Waals surface area contributed by atoms with E-state index < -0.39 is 0 Å². The third-order valence-electron chi connectivity index (χ3n) is 3.67. The summed E-state index contributed by atoms with van der Waals surface area (Å²) in [5, 5.41) is 4.26. The van der Waals surface area contributed by atoms with Crippen LogP contribution in [0.3, 0.4) is 0 Å². The Bertz CT molecular complexity index is 445. The number of nitrogen functional groups attached to an aromatic ring is 1. The molecule has 1 aliphatic rings. The smallest absolute Gasteiger partial charge is 0.158 e. The summed E-state index contributed by atoms with van der Waals surface area (Å²) in [6.45, 7) is 3.00. The van der Waals surface area contributed by atoms with Gasteiger partial charge in [-0.15, -0.1) is 0 Å². The average Bonchev–Trinajstić information content (AvgIpc) is 2.52. The fourth-order valence-electron chi connectivity index (χ4n) is 2.60. The molecule has 1 heterocycles. The van der Waals surface area contributed by atoms with E-state index >= 15 is 0 Å². The molecule has 2 atom stereocenters. The van der Waals surface area contributed by atoms with E-state index in [9.17, 15) is 0 Å². The molecule has 0 radical (unpaired) electrons. The van der Waals surface area contributed by atoms with Crippen LogP contribution in [0.1, 0.15) is 38.4 Å². The summed E-state index contributed by atoms with van der Waals surface area (Å²) in [7, 11) is 0. The lowest BCUT2D eigenvalue weighted by Crippen LogP contribution is -2.29. The molecule has 0 aromatic carbocycles. The van der Waals surface area contributed by atoms with Gasteiger partial charge in [0.15, 0.2) is 5.82 Å². The van der Waals surface area contributed by atoms with E-state index in [2.05, 4.69) is 27.0 Å². The molecule has 6 nitrogen and oxygen atoms in total. The Morgan fingerprint density at radius 3 is 2.90 bits per heavy atom.